The van der Waals surface area contributed by atoms with E-state index in [-0.39, 0.29) is 12.0 Å². The van der Waals surface area contributed by atoms with E-state index in [1.807, 2.05) is 26.0 Å². The molecule has 0 aromatic heterocycles. The maximum atomic E-state index is 11.6. The van der Waals surface area contributed by atoms with E-state index in [9.17, 15) is 4.79 Å². The number of carbonyl (C=O) groups is 1. The van der Waals surface area contributed by atoms with Crippen LogP contribution in [0.3, 0.4) is 0 Å². The van der Waals surface area contributed by atoms with E-state index in [4.69, 9.17) is 9.47 Å². The first kappa shape index (κ1) is 13.9. The first-order valence-corrected chi connectivity index (χ1v) is 6.89. The predicted octanol–water partition coefficient (Wildman–Crippen LogP) is 2.38. The van der Waals surface area contributed by atoms with Gasteiger partial charge in [0, 0.05) is 31.6 Å². The molecule has 2 rings (SSSR count). The number of rotatable bonds is 6. The van der Waals surface area contributed by atoms with Crippen molar-refractivity contribution in [2.24, 2.45) is 0 Å². The highest BCUT2D eigenvalue weighted by Gasteiger charge is 2.31. The third kappa shape index (κ3) is 3.70. The van der Waals surface area contributed by atoms with Gasteiger partial charge in [-0.3, -0.25) is 4.79 Å². The van der Waals surface area contributed by atoms with Crippen molar-refractivity contribution in [2.75, 3.05) is 13.2 Å². The molecule has 4 heteroatoms. The van der Waals surface area contributed by atoms with Crippen LogP contribution in [0, 0.1) is 0 Å². The molecule has 0 saturated heterocycles. The van der Waals surface area contributed by atoms with Gasteiger partial charge < -0.3 is 14.8 Å². The molecule has 1 aliphatic rings. The van der Waals surface area contributed by atoms with Crippen LogP contribution in [-0.4, -0.2) is 31.3 Å². The lowest BCUT2D eigenvalue weighted by Gasteiger charge is -2.34. The van der Waals surface area contributed by atoms with Crippen LogP contribution in [0.2, 0.25) is 0 Å². The molecule has 1 aliphatic carbocycles. The van der Waals surface area contributed by atoms with E-state index in [1.54, 1.807) is 12.1 Å². The van der Waals surface area contributed by atoms with Gasteiger partial charge >= 0.3 is 0 Å². The van der Waals surface area contributed by atoms with E-state index >= 15 is 0 Å². The van der Waals surface area contributed by atoms with Crippen LogP contribution in [-0.2, 0) is 4.74 Å². The summed E-state index contributed by atoms with van der Waals surface area (Å²) in [6.07, 6.45) is 2.49. The van der Waals surface area contributed by atoms with Gasteiger partial charge in [-0.2, -0.15) is 0 Å². The number of carbonyl (C=O) groups excluding carboxylic acids is 1. The molecule has 0 radical (unpaired) electrons. The molecule has 19 heavy (non-hydrogen) atoms. The molecule has 1 saturated carbocycles. The van der Waals surface area contributed by atoms with Gasteiger partial charge in [-0.05, 0) is 38.1 Å². The molecular weight excluding hydrogens is 242 g/mol. The van der Waals surface area contributed by atoms with Gasteiger partial charge in [0.2, 0.25) is 0 Å². The van der Waals surface area contributed by atoms with Gasteiger partial charge in [0.15, 0.2) is 0 Å². The summed E-state index contributed by atoms with van der Waals surface area (Å²) in [6.45, 7) is 5.31. The summed E-state index contributed by atoms with van der Waals surface area (Å²) in [6, 6.07) is 7.27. The topological polar surface area (TPSA) is 47.6 Å². The number of benzene rings is 1. The van der Waals surface area contributed by atoms with E-state index in [0.717, 1.165) is 25.2 Å². The zero-order valence-corrected chi connectivity index (χ0v) is 11.5. The lowest BCUT2D eigenvalue weighted by molar-refractivity contribution is -0.0563. The SMILES string of the molecule is CCNC(=O)c1ccc(OC2CC(OCC)C2)cc1. The average molecular weight is 263 g/mol. The Balaban J connectivity index is 1.81. The molecule has 0 unspecified atom stereocenters. The molecular formula is C15H21NO3. The van der Waals surface area contributed by atoms with Crippen LogP contribution in [0.4, 0.5) is 0 Å². The van der Waals surface area contributed by atoms with Crippen molar-refractivity contribution >= 4 is 5.91 Å². The number of hydrogen-bond acceptors (Lipinski definition) is 3. The zero-order chi connectivity index (χ0) is 13.7. The second kappa shape index (κ2) is 6.57. The maximum Gasteiger partial charge on any atom is 0.251 e. The fourth-order valence-electron chi connectivity index (χ4n) is 2.13. The highest BCUT2D eigenvalue weighted by atomic mass is 16.5. The molecule has 1 N–H and O–H groups in total. The van der Waals surface area contributed by atoms with Crippen molar-refractivity contribution < 1.29 is 14.3 Å². The summed E-state index contributed by atoms with van der Waals surface area (Å²) in [4.78, 5) is 11.6. The Morgan fingerprint density at radius 3 is 2.47 bits per heavy atom. The Bertz CT molecular complexity index is 410. The fraction of sp³-hybridized carbons (Fsp3) is 0.533. The van der Waals surface area contributed by atoms with Crippen LogP contribution in [0.5, 0.6) is 5.75 Å². The summed E-state index contributed by atoms with van der Waals surface area (Å²) in [5.74, 6) is 0.766. The van der Waals surface area contributed by atoms with Gasteiger partial charge in [0.05, 0.1) is 6.10 Å². The molecule has 104 valence electrons. The van der Waals surface area contributed by atoms with Crippen molar-refractivity contribution in [1.29, 1.82) is 0 Å². The van der Waals surface area contributed by atoms with Crippen molar-refractivity contribution in [1.82, 2.24) is 5.32 Å². The molecule has 1 aromatic carbocycles. The van der Waals surface area contributed by atoms with E-state index in [0.29, 0.717) is 18.2 Å². The summed E-state index contributed by atoms with van der Waals surface area (Å²) in [7, 11) is 0. The van der Waals surface area contributed by atoms with E-state index in [2.05, 4.69) is 5.32 Å². The van der Waals surface area contributed by atoms with Crippen molar-refractivity contribution in [2.45, 2.75) is 38.9 Å². The second-order valence-corrected chi connectivity index (χ2v) is 4.67. The number of hydrogen-bond donors (Lipinski definition) is 1. The monoisotopic (exact) mass is 263 g/mol. The lowest BCUT2D eigenvalue weighted by Crippen LogP contribution is -2.39. The van der Waals surface area contributed by atoms with Gasteiger partial charge in [0.25, 0.3) is 5.91 Å². The van der Waals surface area contributed by atoms with E-state index < -0.39 is 0 Å². The Morgan fingerprint density at radius 2 is 1.89 bits per heavy atom. The van der Waals surface area contributed by atoms with Gasteiger partial charge in [-0.25, -0.2) is 0 Å². The molecule has 1 fully saturated rings. The van der Waals surface area contributed by atoms with Crippen LogP contribution in [0.25, 0.3) is 0 Å². The van der Waals surface area contributed by atoms with Crippen molar-refractivity contribution in [3.05, 3.63) is 29.8 Å². The number of amides is 1. The van der Waals surface area contributed by atoms with Gasteiger partial charge in [-0.1, -0.05) is 0 Å². The average Bonchev–Trinajstić information content (AvgIpc) is 2.37. The molecule has 4 nitrogen and oxygen atoms in total. The summed E-state index contributed by atoms with van der Waals surface area (Å²) in [5.41, 5.74) is 0.662. The summed E-state index contributed by atoms with van der Waals surface area (Å²) < 4.78 is 11.3. The first-order valence-electron chi connectivity index (χ1n) is 6.89. The minimum Gasteiger partial charge on any atom is -0.490 e. The minimum atomic E-state index is -0.0471. The fourth-order valence-corrected chi connectivity index (χ4v) is 2.13. The normalized spacial score (nSPS) is 21.6. The predicted molar refractivity (Wildman–Crippen MR) is 73.5 cm³/mol. The quantitative estimate of drug-likeness (QED) is 0.857. The molecule has 0 bridgehead atoms. The molecule has 0 heterocycles. The first-order chi connectivity index (χ1) is 9.22. The minimum absolute atomic E-state index is 0.0471. The molecule has 1 amide bonds. The Labute approximate surface area is 114 Å². The highest BCUT2D eigenvalue weighted by molar-refractivity contribution is 5.94. The van der Waals surface area contributed by atoms with Crippen LogP contribution >= 0.6 is 0 Å². The van der Waals surface area contributed by atoms with Crippen molar-refractivity contribution in [3.8, 4) is 5.75 Å². The highest BCUT2D eigenvalue weighted by Crippen LogP contribution is 2.28. The number of nitrogens with one attached hydrogen (secondary N) is 1. The Hall–Kier alpha value is -1.55. The summed E-state index contributed by atoms with van der Waals surface area (Å²) in [5, 5.41) is 2.77. The molecule has 0 spiro atoms. The standard InChI is InChI=1S/C15H21NO3/c1-3-16-15(17)11-5-7-12(8-6-11)19-14-9-13(10-14)18-4-2/h5-8,13-14H,3-4,9-10H2,1-2H3,(H,16,17). The third-order valence-corrected chi connectivity index (χ3v) is 3.21. The van der Waals surface area contributed by atoms with Gasteiger partial charge in [-0.15, -0.1) is 0 Å². The zero-order valence-electron chi connectivity index (χ0n) is 11.5. The molecule has 1 aromatic rings. The maximum absolute atomic E-state index is 11.6. The molecule has 0 aliphatic heterocycles. The lowest BCUT2D eigenvalue weighted by atomic mass is 9.92. The van der Waals surface area contributed by atoms with Crippen molar-refractivity contribution in [3.63, 3.8) is 0 Å². The third-order valence-electron chi connectivity index (χ3n) is 3.21. The second-order valence-electron chi connectivity index (χ2n) is 4.67. The smallest absolute Gasteiger partial charge is 0.251 e. The molecule has 0 atom stereocenters. The largest absolute Gasteiger partial charge is 0.490 e. The van der Waals surface area contributed by atoms with Crippen LogP contribution in [0.15, 0.2) is 24.3 Å². The van der Waals surface area contributed by atoms with Crippen LogP contribution < -0.4 is 10.1 Å². The van der Waals surface area contributed by atoms with Gasteiger partial charge in [0.1, 0.15) is 11.9 Å². The number of ether oxygens (including phenoxy) is 2. The summed E-state index contributed by atoms with van der Waals surface area (Å²) >= 11 is 0. The van der Waals surface area contributed by atoms with Crippen LogP contribution in [0.1, 0.15) is 37.0 Å². The Morgan fingerprint density at radius 1 is 1.21 bits per heavy atom. The Kier molecular flexibility index (Phi) is 4.80. The van der Waals surface area contributed by atoms with E-state index in [1.165, 1.54) is 0 Å².